The third kappa shape index (κ3) is 2.01. The van der Waals surface area contributed by atoms with E-state index in [1.807, 2.05) is 0 Å². The van der Waals surface area contributed by atoms with Gasteiger partial charge in [-0.2, -0.15) is 0 Å². The number of nitrogens with one attached hydrogen (secondary N) is 1. The maximum absolute atomic E-state index is 10.7. The molecular weight excluding hydrogens is 129 g/mol. The molecule has 1 aliphatic rings. The highest BCUT2D eigenvalue weighted by atomic mass is 16.2. The van der Waals surface area contributed by atoms with Crippen LogP contribution in [0.15, 0.2) is 0 Å². The fraction of sp³-hybridized carbons (Fsp3) is 0.875. The van der Waals surface area contributed by atoms with E-state index in [0.717, 1.165) is 18.9 Å². The number of amides is 1. The van der Waals surface area contributed by atoms with Crippen LogP contribution >= 0.6 is 0 Å². The van der Waals surface area contributed by atoms with Gasteiger partial charge in [0.25, 0.3) is 0 Å². The summed E-state index contributed by atoms with van der Waals surface area (Å²) in [5.74, 6) is 1.55. The Balaban J connectivity index is 2.24. The van der Waals surface area contributed by atoms with E-state index in [1.54, 1.807) is 0 Å². The molecule has 0 radical (unpaired) electrons. The van der Waals surface area contributed by atoms with Gasteiger partial charge in [-0.15, -0.1) is 0 Å². The molecule has 1 saturated heterocycles. The molecule has 10 heavy (non-hydrogen) atoms. The van der Waals surface area contributed by atoms with Gasteiger partial charge < -0.3 is 5.32 Å². The summed E-state index contributed by atoms with van der Waals surface area (Å²) in [5, 5.41) is 2.84. The lowest BCUT2D eigenvalue weighted by atomic mass is 10.1. The molecule has 1 fully saturated rings. The van der Waals surface area contributed by atoms with Crippen LogP contribution in [-0.4, -0.2) is 12.5 Å². The van der Waals surface area contributed by atoms with Crippen molar-refractivity contribution in [2.75, 3.05) is 6.54 Å². The Bertz CT molecular complexity index is 131. The smallest absolute Gasteiger partial charge is 0.220 e. The molecule has 58 valence electrons. The quantitative estimate of drug-likeness (QED) is 0.579. The molecule has 1 atom stereocenters. The van der Waals surface area contributed by atoms with Gasteiger partial charge in [0, 0.05) is 13.0 Å². The number of carbonyl (C=O) groups excluding carboxylic acids is 1. The van der Waals surface area contributed by atoms with Crippen LogP contribution < -0.4 is 5.32 Å². The number of rotatable bonds is 2. The Morgan fingerprint density at radius 1 is 1.70 bits per heavy atom. The van der Waals surface area contributed by atoms with Crippen molar-refractivity contribution in [2.24, 2.45) is 11.8 Å². The largest absolute Gasteiger partial charge is 0.356 e. The second-order valence-corrected chi connectivity index (χ2v) is 3.50. The van der Waals surface area contributed by atoms with E-state index in [0.29, 0.717) is 5.92 Å². The van der Waals surface area contributed by atoms with Gasteiger partial charge in [-0.25, -0.2) is 0 Å². The molecule has 0 saturated carbocycles. The predicted molar refractivity (Wildman–Crippen MR) is 40.6 cm³/mol. The maximum Gasteiger partial charge on any atom is 0.220 e. The molecular formula is C8H15NO. The first-order valence-electron chi connectivity index (χ1n) is 3.95. The summed E-state index contributed by atoms with van der Waals surface area (Å²) in [7, 11) is 0. The maximum atomic E-state index is 10.7. The summed E-state index contributed by atoms with van der Waals surface area (Å²) in [6.45, 7) is 5.29. The molecule has 2 heteroatoms. The van der Waals surface area contributed by atoms with Crippen LogP contribution in [0.2, 0.25) is 0 Å². The van der Waals surface area contributed by atoms with Gasteiger partial charge >= 0.3 is 0 Å². The summed E-state index contributed by atoms with van der Waals surface area (Å²) in [6, 6.07) is 0. The Hall–Kier alpha value is -0.530. The van der Waals surface area contributed by atoms with E-state index in [2.05, 4.69) is 19.2 Å². The van der Waals surface area contributed by atoms with Gasteiger partial charge in [0.05, 0.1) is 0 Å². The molecule has 1 N–H and O–H groups in total. The average Bonchev–Trinajstić information content (AvgIpc) is 2.13. The summed E-state index contributed by atoms with van der Waals surface area (Å²) < 4.78 is 0. The van der Waals surface area contributed by atoms with Gasteiger partial charge in [0.1, 0.15) is 0 Å². The lowest BCUT2D eigenvalue weighted by molar-refractivity contribution is -0.119. The summed E-state index contributed by atoms with van der Waals surface area (Å²) >= 11 is 0. The molecule has 1 unspecified atom stereocenters. The number of hydrogen-bond donors (Lipinski definition) is 1. The molecule has 1 aliphatic heterocycles. The van der Waals surface area contributed by atoms with Crippen LogP contribution in [0.1, 0.15) is 26.7 Å². The molecule has 1 rings (SSSR count). The zero-order valence-corrected chi connectivity index (χ0v) is 6.68. The minimum Gasteiger partial charge on any atom is -0.356 e. The first kappa shape index (κ1) is 7.58. The summed E-state index contributed by atoms with van der Waals surface area (Å²) in [5.41, 5.74) is 0. The monoisotopic (exact) mass is 144 g/mol. The third-order valence-corrected chi connectivity index (χ3v) is 1.87. The molecule has 1 amide bonds. The number of carbonyl (C=O) groups is 1. The van der Waals surface area contributed by atoms with Crippen LogP contribution in [0.5, 0.6) is 0 Å². The lowest BCUT2D eigenvalue weighted by Crippen LogP contribution is -2.14. The zero-order valence-electron chi connectivity index (χ0n) is 6.68. The SMILES string of the molecule is CC(C)CC1[13CH2]N[13C](=O)[13CH2]1. The minimum atomic E-state index is 0.227. The highest BCUT2D eigenvalue weighted by Gasteiger charge is 2.21. The highest BCUT2D eigenvalue weighted by molar-refractivity contribution is 5.78. The van der Waals surface area contributed by atoms with Crippen LogP contribution in [0, 0.1) is 11.8 Å². The molecule has 0 aliphatic carbocycles. The third-order valence-electron chi connectivity index (χ3n) is 1.87. The van der Waals surface area contributed by atoms with Crippen molar-refractivity contribution in [1.29, 1.82) is 0 Å². The van der Waals surface area contributed by atoms with Crippen molar-refractivity contribution in [3.05, 3.63) is 0 Å². The normalized spacial score (nSPS) is 25.5. The topological polar surface area (TPSA) is 29.1 Å². The molecule has 0 aromatic heterocycles. The number of hydrogen-bond acceptors (Lipinski definition) is 1. The highest BCUT2D eigenvalue weighted by Crippen LogP contribution is 2.17. The van der Waals surface area contributed by atoms with Crippen molar-refractivity contribution in [3.63, 3.8) is 0 Å². The molecule has 1 heterocycles. The molecule has 0 aromatic rings. The van der Waals surface area contributed by atoms with E-state index in [-0.39, 0.29) is 5.91 Å². The van der Waals surface area contributed by atoms with Gasteiger partial charge in [-0.05, 0) is 18.3 Å². The van der Waals surface area contributed by atoms with Crippen LogP contribution in [0.4, 0.5) is 0 Å². The fourth-order valence-electron chi connectivity index (χ4n) is 1.50. The molecule has 0 aromatic carbocycles. The second kappa shape index (κ2) is 3.04. The van der Waals surface area contributed by atoms with Gasteiger partial charge in [-0.1, -0.05) is 13.8 Å². The minimum absolute atomic E-state index is 0.227. The van der Waals surface area contributed by atoms with Gasteiger partial charge in [-0.3, -0.25) is 4.79 Å². The molecule has 0 spiro atoms. The van der Waals surface area contributed by atoms with Crippen molar-refractivity contribution in [3.8, 4) is 0 Å². The van der Waals surface area contributed by atoms with E-state index in [9.17, 15) is 4.79 Å². The van der Waals surface area contributed by atoms with Gasteiger partial charge in [0.2, 0.25) is 5.91 Å². The zero-order chi connectivity index (χ0) is 7.56. The van der Waals surface area contributed by atoms with Crippen molar-refractivity contribution < 1.29 is 4.79 Å². The van der Waals surface area contributed by atoms with Crippen LogP contribution in [-0.2, 0) is 4.79 Å². The van der Waals surface area contributed by atoms with Crippen molar-refractivity contribution in [2.45, 2.75) is 26.7 Å². The second-order valence-electron chi connectivity index (χ2n) is 3.50. The predicted octanol–water partition coefficient (Wildman–Crippen LogP) is 1.17. The first-order chi connectivity index (χ1) is 4.68. The van der Waals surface area contributed by atoms with E-state index in [1.165, 1.54) is 6.42 Å². The Kier molecular flexibility index (Phi) is 2.30. The Morgan fingerprint density at radius 2 is 2.40 bits per heavy atom. The fourth-order valence-corrected chi connectivity index (χ4v) is 1.50. The van der Waals surface area contributed by atoms with Crippen molar-refractivity contribution in [1.82, 2.24) is 5.32 Å². The summed E-state index contributed by atoms with van der Waals surface area (Å²) in [4.78, 5) is 10.7. The first-order valence-corrected chi connectivity index (χ1v) is 3.95. The van der Waals surface area contributed by atoms with E-state index < -0.39 is 0 Å². The van der Waals surface area contributed by atoms with Crippen molar-refractivity contribution >= 4 is 5.91 Å². The van der Waals surface area contributed by atoms with Crippen LogP contribution in [0.25, 0.3) is 0 Å². The Morgan fingerprint density at radius 3 is 2.80 bits per heavy atom. The molecule has 0 bridgehead atoms. The Labute approximate surface area is 62.0 Å². The van der Waals surface area contributed by atoms with Crippen LogP contribution in [0.3, 0.4) is 0 Å². The standard InChI is InChI=1S/C8H15NO/c1-6(2)3-7-4-8(10)9-5-7/h6-7H,3-5H2,1-2H3,(H,9,10)/i4+1,5+1,8+1. The molecule has 2 nitrogen and oxygen atoms in total. The average molecular weight is 144 g/mol. The lowest BCUT2D eigenvalue weighted by Gasteiger charge is -2.08. The summed E-state index contributed by atoms with van der Waals surface area (Å²) in [6.07, 6.45) is 1.93. The van der Waals surface area contributed by atoms with Gasteiger partial charge in [0.15, 0.2) is 0 Å². The van der Waals surface area contributed by atoms with E-state index >= 15 is 0 Å². The van der Waals surface area contributed by atoms with E-state index in [4.69, 9.17) is 0 Å².